The monoisotopic (exact) mass is 321 g/mol. The highest BCUT2D eigenvalue weighted by Crippen LogP contribution is 2.25. The van der Waals surface area contributed by atoms with Gasteiger partial charge in [0.25, 0.3) is 0 Å². The van der Waals surface area contributed by atoms with Crippen molar-refractivity contribution in [3.8, 4) is 5.75 Å². The van der Waals surface area contributed by atoms with Gasteiger partial charge in [-0.05, 0) is 26.3 Å². The number of hydrogen-bond acceptors (Lipinski definition) is 5. The summed E-state index contributed by atoms with van der Waals surface area (Å²) in [6.45, 7) is 5.43. The molecule has 1 aromatic carbocycles. The van der Waals surface area contributed by atoms with Gasteiger partial charge in [-0.2, -0.15) is 0 Å². The standard InChI is InChI=1S/C17H27N3O3/c1-12(2)19-17(22)15-9-14(18)11-20(15)10-13-5-3-4-6-16(13)23-8-7-21/h3-6,12,14-15,21H,7-11,18H2,1-2H3,(H,19,22)/t14-,15-/m0/s1. The van der Waals surface area contributed by atoms with E-state index in [-0.39, 0.29) is 37.2 Å². The molecule has 0 unspecified atom stereocenters. The molecule has 0 radical (unpaired) electrons. The van der Waals surface area contributed by atoms with Crippen LogP contribution in [0.25, 0.3) is 0 Å². The Hall–Kier alpha value is -1.63. The van der Waals surface area contributed by atoms with Crippen LogP contribution in [0.4, 0.5) is 0 Å². The minimum Gasteiger partial charge on any atom is -0.491 e. The Balaban J connectivity index is 2.09. The number of carbonyl (C=O) groups is 1. The van der Waals surface area contributed by atoms with E-state index >= 15 is 0 Å². The molecule has 0 saturated carbocycles. The fraction of sp³-hybridized carbons (Fsp3) is 0.588. The highest BCUT2D eigenvalue weighted by atomic mass is 16.5. The summed E-state index contributed by atoms with van der Waals surface area (Å²) in [5.41, 5.74) is 7.07. The van der Waals surface area contributed by atoms with Crippen LogP contribution in [-0.4, -0.2) is 53.8 Å². The summed E-state index contributed by atoms with van der Waals surface area (Å²) < 4.78 is 5.58. The quantitative estimate of drug-likeness (QED) is 0.680. The van der Waals surface area contributed by atoms with Crippen molar-refractivity contribution in [2.75, 3.05) is 19.8 Å². The first-order valence-corrected chi connectivity index (χ1v) is 8.12. The lowest BCUT2D eigenvalue weighted by Crippen LogP contribution is -2.45. The lowest BCUT2D eigenvalue weighted by atomic mass is 10.1. The average Bonchev–Trinajstić information content (AvgIpc) is 2.86. The van der Waals surface area contributed by atoms with E-state index in [1.807, 2.05) is 38.1 Å². The third-order valence-corrected chi connectivity index (χ3v) is 3.86. The van der Waals surface area contributed by atoms with Crippen molar-refractivity contribution in [1.82, 2.24) is 10.2 Å². The topological polar surface area (TPSA) is 87.8 Å². The number of para-hydroxylation sites is 1. The third-order valence-electron chi connectivity index (χ3n) is 3.86. The molecule has 1 amide bonds. The van der Waals surface area contributed by atoms with Crippen LogP contribution in [0.1, 0.15) is 25.8 Å². The zero-order chi connectivity index (χ0) is 16.8. The third kappa shape index (κ3) is 4.92. The Morgan fingerprint density at radius 2 is 2.22 bits per heavy atom. The first kappa shape index (κ1) is 17.7. The number of amides is 1. The maximum Gasteiger partial charge on any atom is 0.237 e. The van der Waals surface area contributed by atoms with Crippen LogP contribution in [0, 0.1) is 0 Å². The van der Waals surface area contributed by atoms with Crippen molar-refractivity contribution in [3.63, 3.8) is 0 Å². The number of rotatable bonds is 7. The van der Waals surface area contributed by atoms with Crippen LogP contribution >= 0.6 is 0 Å². The number of hydrogen-bond donors (Lipinski definition) is 3. The van der Waals surface area contributed by atoms with Gasteiger partial charge in [-0.15, -0.1) is 0 Å². The predicted molar refractivity (Wildman–Crippen MR) is 89.1 cm³/mol. The first-order valence-electron chi connectivity index (χ1n) is 8.12. The van der Waals surface area contributed by atoms with Gasteiger partial charge in [-0.1, -0.05) is 18.2 Å². The van der Waals surface area contributed by atoms with Gasteiger partial charge in [0.2, 0.25) is 5.91 Å². The molecule has 4 N–H and O–H groups in total. The summed E-state index contributed by atoms with van der Waals surface area (Å²) in [4.78, 5) is 14.5. The second-order valence-electron chi connectivity index (χ2n) is 6.28. The fourth-order valence-corrected chi connectivity index (χ4v) is 2.92. The average molecular weight is 321 g/mol. The van der Waals surface area contributed by atoms with Gasteiger partial charge in [0.15, 0.2) is 0 Å². The van der Waals surface area contributed by atoms with Gasteiger partial charge < -0.3 is 20.9 Å². The molecule has 6 nitrogen and oxygen atoms in total. The molecule has 0 spiro atoms. The Bertz CT molecular complexity index is 522. The van der Waals surface area contributed by atoms with Crippen LogP contribution in [0.3, 0.4) is 0 Å². The largest absolute Gasteiger partial charge is 0.491 e. The molecule has 1 aliphatic heterocycles. The minimum atomic E-state index is -0.210. The summed E-state index contributed by atoms with van der Waals surface area (Å²) in [5.74, 6) is 0.770. The lowest BCUT2D eigenvalue weighted by Gasteiger charge is -2.25. The maximum absolute atomic E-state index is 12.4. The number of benzene rings is 1. The summed E-state index contributed by atoms with van der Waals surface area (Å²) in [6, 6.07) is 7.61. The molecule has 23 heavy (non-hydrogen) atoms. The van der Waals surface area contributed by atoms with Gasteiger partial charge in [-0.3, -0.25) is 9.69 Å². The predicted octanol–water partition coefficient (Wildman–Crippen LogP) is 0.484. The molecule has 128 valence electrons. The van der Waals surface area contributed by atoms with Crippen molar-refractivity contribution >= 4 is 5.91 Å². The number of carbonyl (C=O) groups excluding carboxylic acids is 1. The number of ether oxygens (including phenoxy) is 1. The number of nitrogens with one attached hydrogen (secondary N) is 1. The smallest absolute Gasteiger partial charge is 0.237 e. The lowest BCUT2D eigenvalue weighted by molar-refractivity contribution is -0.126. The van der Waals surface area contributed by atoms with E-state index in [1.54, 1.807) is 0 Å². The second kappa shape index (κ2) is 8.29. The van der Waals surface area contributed by atoms with Crippen molar-refractivity contribution in [1.29, 1.82) is 0 Å². The Morgan fingerprint density at radius 3 is 2.91 bits per heavy atom. The van der Waals surface area contributed by atoms with Crippen molar-refractivity contribution in [3.05, 3.63) is 29.8 Å². The summed E-state index contributed by atoms with van der Waals surface area (Å²) >= 11 is 0. The van der Waals surface area contributed by atoms with Crippen molar-refractivity contribution in [2.45, 2.75) is 44.9 Å². The highest BCUT2D eigenvalue weighted by molar-refractivity contribution is 5.82. The molecule has 1 fully saturated rings. The van der Waals surface area contributed by atoms with Crippen LogP contribution in [0.15, 0.2) is 24.3 Å². The summed E-state index contributed by atoms with van der Waals surface area (Å²) in [7, 11) is 0. The number of nitrogens with two attached hydrogens (primary N) is 1. The summed E-state index contributed by atoms with van der Waals surface area (Å²) in [5, 5.41) is 11.9. The van der Waals surface area contributed by atoms with Gasteiger partial charge >= 0.3 is 0 Å². The number of aliphatic hydroxyl groups excluding tert-OH is 1. The molecule has 1 aromatic rings. The SMILES string of the molecule is CC(C)NC(=O)[C@@H]1C[C@H](N)CN1Cc1ccccc1OCCO. The van der Waals surface area contributed by atoms with Gasteiger partial charge in [0.05, 0.1) is 12.6 Å². The molecule has 1 aliphatic rings. The Labute approximate surface area is 137 Å². The van der Waals surface area contributed by atoms with Crippen LogP contribution in [-0.2, 0) is 11.3 Å². The van der Waals surface area contributed by atoms with Crippen LogP contribution < -0.4 is 15.8 Å². The van der Waals surface area contributed by atoms with Gasteiger partial charge in [-0.25, -0.2) is 0 Å². The van der Waals surface area contributed by atoms with E-state index in [4.69, 9.17) is 15.6 Å². The van der Waals surface area contributed by atoms with E-state index in [0.717, 1.165) is 11.3 Å². The number of nitrogens with zero attached hydrogens (tertiary/aromatic N) is 1. The molecule has 6 heteroatoms. The molecule has 0 aliphatic carbocycles. The van der Waals surface area contributed by atoms with E-state index in [2.05, 4.69) is 10.2 Å². The van der Waals surface area contributed by atoms with Crippen molar-refractivity contribution < 1.29 is 14.6 Å². The molecular weight excluding hydrogens is 294 g/mol. The number of aliphatic hydroxyl groups is 1. The van der Waals surface area contributed by atoms with Crippen molar-refractivity contribution in [2.24, 2.45) is 5.73 Å². The second-order valence-corrected chi connectivity index (χ2v) is 6.28. The van der Waals surface area contributed by atoms with Gasteiger partial charge in [0.1, 0.15) is 12.4 Å². The van der Waals surface area contributed by atoms with E-state index in [0.29, 0.717) is 19.5 Å². The summed E-state index contributed by atoms with van der Waals surface area (Å²) in [6.07, 6.45) is 0.665. The minimum absolute atomic E-state index is 0.00318. The Morgan fingerprint density at radius 1 is 1.48 bits per heavy atom. The molecular formula is C17H27N3O3. The normalized spacial score (nSPS) is 21.6. The number of likely N-dealkylation sites (tertiary alicyclic amines) is 1. The molecule has 1 saturated heterocycles. The molecule has 0 aromatic heterocycles. The van der Waals surface area contributed by atoms with E-state index < -0.39 is 0 Å². The highest BCUT2D eigenvalue weighted by Gasteiger charge is 2.35. The molecule has 2 rings (SSSR count). The molecule has 1 heterocycles. The zero-order valence-electron chi connectivity index (χ0n) is 13.9. The molecule has 2 atom stereocenters. The first-order chi connectivity index (χ1) is 11.0. The van der Waals surface area contributed by atoms with E-state index in [1.165, 1.54) is 0 Å². The zero-order valence-corrected chi connectivity index (χ0v) is 13.9. The van der Waals surface area contributed by atoms with Crippen LogP contribution in [0.2, 0.25) is 0 Å². The fourth-order valence-electron chi connectivity index (χ4n) is 2.92. The van der Waals surface area contributed by atoms with E-state index in [9.17, 15) is 4.79 Å². The molecule has 0 bridgehead atoms. The Kier molecular flexibility index (Phi) is 6.38. The van der Waals surface area contributed by atoms with Gasteiger partial charge in [0, 0.05) is 30.7 Å². The van der Waals surface area contributed by atoms with Crippen LogP contribution in [0.5, 0.6) is 5.75 Å². The maximum atomic E-state index is 12.4.